The molecule has 2 rings (SSSR count). The highest BCUT2D eigenvalue weighted by Crippen LogP contribution is 2.19. The first-order valence-electron chi connectivity index (χ1n) is 7.41. The van der Waals surface area contributed by atoms with Crippen molar-refractivity contribution in [2.24, 2.45) is 0 Å². The van der Waals surface area contributed by atoms with Gasteiger partial charge in [-0.2, -0.15) is 0 Å². The number of carboxylic acid groups (broad SMARTS) is 1. The Bertz CT molecular complexity index is 447. The van der Waals surface area contributed by atoms with Crippen LogP contribution in [0.15, 0.2) is 24.3 Å². The number of hydrogen-bond donors (Lipinski definition) is 1. The summed E-state index contributed by atoms with van der Waals surface area (Å²) in [5.41, 5.74) is 0.270. The summed E-state index contributed by atoms with van der Waals surface area (Å²) < 4.78 is 5.69. The molecule has 1 N–H and O–H groups in total. The van der Waals surface area contributed by atoms with E-state index in [0.717, 1.165) is 13.1 Å². The fraction of sp³-hybridized carbons (Fsp3) is 0.562. The molecule has 4 nitrogen and oxygen atoms in total. The lowest BCUT2D eigenvalue weighted by molar-refractivity contribution is 0.0696. The van der Waals surface area contributed by atoms with Crippen molar-refractivity contribution in [1.82, 2.24) is 4.90 Å². The summed E-state index contributed by atoms with van der Waals surface area (Å²) in [6.07, 6.45) is 5.07. The first-order valence-corrected chi connectivity index (χ1v) is 7.41. The van der Waals surface area contributed by atoms with Crippen LogP contribution in [-0.4, -0.2) is 41.7 Å². The van der Waals surface area contributed by atoms with E-state index in [4.69, 9.17) is 9.84 Å². The number of benzene rings is 1. The minimum atomic E-state index is -0.919. The third-order valence-electron chi connectivity index (χ3n) is 3.95. The fourth-order valence-corrected chi connectivity index (χ4v) is 2.82. The second-order valence-electron chi connectivity index (χ2n) is 5.28. The van der Waals surface area contributed by atoms with E-state index in [9.17, 15) is 4.79 Å². The lowest BCUT2D eigenvalue weighted by Gasteiger charge is -2.34. The van der Waals surface area contributed by atoms with Crippen molar-refractivity contribution in [2.45, 2.75) is 38.6 Å². The summed E-state index contributed by atoms with van der Waals surface area (Å²) >= 11 is 0. The zero-order chi connectivity index (χ0) is 14.4. The highest BCUT2D eigenvalue weighted by molar-refractivity contribution is 5.87. The highest BCUT2D eigenvalue weighted by atomic mass is 16.5. The normalized spacial score (nSPS) is 19.8. The molecule has 1 aromatic rings. The Morgan fingerprint density at radius 1 is 1.45 bits per heavy atom. The Kier molecular flexibility index (Phi) is 5.41. The zero-order valence-corrected chi connectivity index (χ0v) is 12.0. The average molecular weight is 277 g/mol. The van der Waals surface area contributed by atoms with Gasteiger partial charge in [0.25, 0.3) is 0 Å². The molecule has 1 fully saturated rings. The van der Waals surface area contributed by atoms with E-state index >= 15 is 0 Å². The SMILES string of the molecule is CCC1CCCCN1CCOc1cccc(C(=O)O)c1. The molecule has 0 aromatic heterocycles. The van der Waals surface area contributed by atoms with Gasteiger partial charge >= 0.3 is 5.97 Å². The summed E-state index contributed by atoms with van der Waals surface area (Å²) in [6, 6.07) is 7.36. The van der Waals surface area contributed by atoms with Crippen LogP contribution >= 0.6 is 0 Å². The maximum atomic E-state index is 10.9. The van der Waals surface area contributed by atoms with E-state index in [1.54, 1.807) is 24.3 Å². The summed E-state index contributed by atoms with van der Waals surface area (Å²) in [6.45, 7) is 4.91. The summed E-state index contributed by atoms with van der Waals surface area (Å²) in [5, 5.41) is 8.94. The van der Waals surface area contributed by atoms with Crippen molar-refractivity contribution in [3.05, 3.63) is 29.8 Å². The number of nitrogens with zero attached hydrogens (tertiary/aromatic N) is 1. The molecule has 0 bridgehead atoms. The van der Waals surface area contributed by atoms with E-state index in [2.05, 4.69) is 11.8 Å². The van der Waals surface area contributed by atoms with Gasteiger partial charge in [0, 0.05) is 12.6 Å². The van der Waals surface area contributed by atoms with Crippen LogP contribution in [0.4, 0.5) is 0 Å². The van der Waals surface area contributed by atoms with Crippen LogP contribution in [0, 0.1) is 0 Å². The molecule has 0 saturated carbocycles. The van der Waals surface area contributed by atoms with Crippen molar-refractivity contribution < 1.29 is 14.6 Å². The fourth-order valence-electron chi connectivity index (χ4n) is 2.82. The van der Waals surface area contributed by atoms with Gasteiger partial charge in [0.15, 0.2) is 0 Å². The number of carbonyl (C=O) groups is 1. The number of ether oxygens (including phenoxy) is 1. The van der Waals surface area contributed by atoms with Crippen LogP contribution in [0.1, 0.15) is 43.0 Å². The van der Waals surface area contributed by atoms with Crippen molar-refractivity contribution in [1.29, 1.82) is 0 Å². The van der Waals surface area contributed by atoms with Crippen LogP contribution in [0.25, 0.3) is 0 Å². The van der Waals surface area contributed by atoms with Gasteiger partial charge in [-0.3, -0.25) is 4.90 Å². The second kappa shape index (κ2) is 7.29. The van der Waals surface area contributed by atoms with Crippen molar-refractivity contribution in [3.8, 4) is 5.75 Å². The molecule has 20 heavy (non-hydrogen) atoms. The lowest BCUT2D eigenvalue weighted by atomic mass is 10.0. The third-order valence-corrected chi connectivity index (χ3v) is 3.95. The third kappa shape index (κ3) is 3.97. The quantitative estimate of drug-likeness (QED) is 0.868. The molecule has 0 aliphatic carbocycles. The molecular weight excluding hydrogens is 254 g/mol. The van der Waals surface area contributed by atoms with Crippen LogP contribution in [-0.2, 0) is 0 Å². The van der Waals surface area contributed by atoms with Gasteiger partial charge in [-0.05, 0) is 44.0 Å². The number of likely N-dealkylation sites (tertiary alicyclic amines) is 1. The van der Waals surface area contributed by atoms with Crippen molar-refractivity contribution in [3.63, 3.8) is 0 Å². The van der Waals surface area contributed by atoms with Gasteiger partial charge in [-0.25, -0.2) is 4.79 Å². The molecule has 4 heteroatoms. The Balaban J connectivity index is 1.83. The molecular formula is C16H23NO3. The van der Waals surface area contributed by atoms with Gasteiger partial charge in [0.1, 0.15) is 12.4 Å². The van der Waals surface area contributed by atoms with Crippen LogP contribution in [0.5, 0.6) is 5.75 Å². The number of piperidine rings is 1. The highest BCUT2D eigenvalue weighted by Gasteiger charge is 2.20. The summed E-state index contributed by atoms with van der Waals surface area (Å²) in [5.74, 6) is -0.285. The molecule has 0 radical (unpaired) electrons. The Morgan fingerprint density at radius 2 is 2.30 bits per heavy atom. The molecule has 110 valence electrons. The van der Waals surface area contributed by atoms with Crippen LogP contribution in [0.2, 0.25) is 0 Å². The first kappa shape index (κ1) is 14.9. The maximum absolute atomic E-state index is 10.9. The molecule has 1 aromatic carbocycles. The Morgan fingerprint density at radius 3 is 3.05 bits per heavy atom. The number of aromatic carboxylic acids is 1. The molecule has 1 heterocycles. The minimum absolute atomic E-state index is 0.270. The van der Waals surface area contributed by atoms with E-state index in [1.807, 2.05) is 0 Å². The standard InChI is InChI=1S/C16H23NO3/c1-2-14-7-3-4-9-17(14)10-11-20-15-8-5-6-13(12-15)16(18)19/h5-6,8,12,14H,2-4,7,9-11H2,1H3,(H,18,19). The maximum Gasteiger partial charge on any atom is 0.335 e. The zero-order valence-electron chi connectivity index (χ0n) is 12.0. The monoisotopic (exact) mass is 277 g/mol. The molecule has 0 amide bonds. The lowest BCUT2D eigenvalue weighted by Crippen LogP contribution is -2.41. The van der Waals surface area contributed by atoms with Crippen LogP contribution < -0.4 is 4.74 Å². The Labute approximate surface area is 120 Å². The number of hydrogen-bond acceptors (Lipinski definition) is 3. The Hall–Kier alpha value is -1.55. The van der Waals surface area contributed by atoms with E-state index in [-0.39, 0.29) is 5.56 Å². The molecule has 1 aliphatic rings. The second-order valence-corrected chi connectivity index (χ2v) is 5.28. The summed E-state index contributed by atoms with van der Waals surface area (Å²) in [4.78, 5) is 13.4. The topological polar surface area (TPSA) is 49.8 Å². The minimum Gasteiger partial charge on any atom is -0.492 e. The van der Waals surface area contributed by atoms with Gasteiger partial charge in [0.2, 0.25) is 0 Å². The number of carboxylic acids is 1. The average Bonchev–Trinajstić information content (AvgIpc) is 2.48. The van der Waals surface area contributed by atoms with Crippen LogP contribution in [0.3, 0.4) is 0 Å². The van der Waals surface area contributed by atoms with Crippen molar-refractivity contribution >= 4 is 5.97 Å². The predicted octanol–water partition coefficient (Wildman–Crippen LogP) is 3.03. The molecule has 1 aliphatic heterocycles. The molecule has 1 atom stereocenters. The van der Waals surface area contributed by atoms with Gasteiger partial charge in [0.05, 0.1) is 5.56 Å². The van der Waals surface area contributed by atoms with Crippen molar-refractivity contribution in [2.75, 3.05) is 19.7 Å². The van der Waals surface area contributed by atoms with E-state index in [1.165, 1.54) is 25.7 Å². The molecule has 1 unspecified atom stereocenters. The first-order chi connectivity index (χ1) is 9.70. The molecule has 1 saturated heterocycles. The predicted molar refractivity (Wildman–Crippen MR) is 78.4 cm³/mol. The van der Waals surface area contributed by atoms with Gasteiger partial charge in [-0.1, -0.05) is 19.4 Å². The summed E-state index contributed by atoms with van der Waals surface area (Å²) in [7, 11) is 0. The smallest absolute Gasteiger partial charge is 0.335 e. The van der Waals surface area contributed by atoms with Gasteiger partial charge < -0.3 is 9.84 Å². The number of rotatable bonds is 6. The largest absolute Gasteiger partial charge is 0.492 e. The van der Waals surface area contributed by atoms with E-state index in [0.29, 0.717) is 18.4 Å². The molecule has 0 spiro atoms. The van der Waals surface area contributed by atoms with Gasteiger partial charge in [-0.15, -0.1) is 0 Å². The van der Waals surface area contributed by atoms with E-state index < -0.39 is 5.97 Å².